The van der Waals surface area contributed by atoms with Crippen molar-refractivity contribution in [1.29, 1.82) is 0 Å². The molecule has 6 aliphatic rings. The normalized spacial score (nSPS) is 34.7. The predicted molar refractivity (Wildman–Crippen MR) is 116 cm³/mol. The molecule has 1 atom stereocenters. The van der Waals surface area contributed by atoms with Crippen molar-refractivity contribution in [2.24, 2.45) is 17.8 Å². The molecule has 0 spiro atoms. The minimum absolute atomic E-state index is 0.00313. The van der Waals surface area contributed by atoms with Gasteiger partial charge in [0.05, 0.1) is 18.5 Å². The van der Waals surface area contributed by atoms with Gasteiger partial charge in [-0.15, -0.1) is 0 Å². The van der Waals surface area contributed by atoms with Crippen molar-refractivity contribution in [3.8, 4) is 5.75 Å². The molecule has 4 fully saturated rings. The lowest BCUT2D eigenvalue weighted by molar-refractivity contribution is -0.131. The van der Waals surface area contributed by atoms with E-state index in [9.17, 15) is 9.18 Å². The van der Waals surface area contributed by atoms with E-state index in [-0.39, 0.29) is 17.2 Å². The van der Waals surface area contributed by atoms with Gasteiger partial charge in [-0.3, -0.25) is 4.79 Å². The summed E-state index contributed by atoms with van der Waals surface area (Å²) >= 11 is 0. The van der Waals surface area contributed by atoms with E-state index in [2.05, 4.69) is 10.6 Å². The Hall–Kier alpha value is -2.76. The second-order valence-corrected chi connectivity index (χ2v) is 9.95. The van der Waals surface area contributed by atoms with E-state index in [1.54, 1.807) is 6.07 Å². The van der Waals surface area contributed by atoms with Gasteiger partial charge >= 0.3 is 0 Å². The van der Waals surface area contributed by atoms with Crippen molar-refractivity contribution in [3.05, 3.63) is 59.7 Å². The standard InChI is InChI=1S/C25H28FN3O2/c1-31-21-6-5-18(11-19(21)26)22-20-4-2-3-7-29(20)23(27-22)24(30)28-25-12-15-8-16(13-25)10-17(9-15)14-25/h2-7,11,15-17,23,27H,8-10,12-14H2,1H3,(H,28,30). The van der Waals surface area contributed by atoms with Crippen molar-refractivity contribution in [1.82, 2.24) is 15.5 Å². The van der Waals surface area contributed by atoms with Gasteiger partial charge in [0.25, 0.3) is 5.91 Å². The number of halogens is 1. The number of nitrogens with one attached hydrogen (secondary N) is 2. The van der Waals surface area contributed by atoms with E-state index < -0.39 is 12.0 Å². The third-order valence-corrected chi connectivity index (χ3v) is 7.82. The summed E-state index contributed by atoms with van der Waals surface area (Å²) in [5.41, 5.74) is 2.28. The summed E-state index contributed by atoms with van der Waals surface area (Å²) in [6, 6.07) is 4.90. The van der Waals surface area contributed by atoms with Gasteiger partial charge in [0, 0.05) is 17.3 Å². The second-order valence-electron chi connectivity index (χ2n) is 9.95. The molecule has 2 heterocycles. The Morgan fingerprint density at radius 2 is 1.87 bits per heavy atom. The van der Waals surface area contributed by atoms with Gasteiger partial charge in [-0.05, 0) is 86.6 Å². The van der Waals surface area contributed by atoms with Crippen LogP contribution in [-0.2, 0) is 4.79 Å². The number of carbonyl (C=O) groups excluding carboxylic acids is 1. The van der Waals surface area contributed by atoms with Gasteiger partial charge in [0.1, 0.15) is 0 Å². The van der Waals surface area contributed by atoms with E-state index in [4.69, 9.17) is 4.74 Å². The Bertz CT molecular complexity index is 992. The molecule has 4 saturated carbocycles. The zero-order chi connectivity index (χ0) is 21.2. The fourth-order valence-corrected chi connectivity index (χ4v) is 7.01. The number of allylic oxidation sites excluding steroid dienone is 3. The van der Waals surface area contributed by atoms with E-state index >= 15 is 0 Å². The molecule has 2 aliphatic heterocycles. The van der Waals surface area contributed by atoms with Gasteiger partial charge < -0.3 is 20.3 Å². The fourth-order valence-electron chi connectivity index (χ4n) is 7.01. The molecule has 1 unspecified atom stereocenters. The Balaban J connectivity index is 1.26. The number of amides is 1. The van der Waals surface area contributed by atoms with Crippen LogP contribution in [0.25, 0.3) is 5.70 Å². The smallest absolute Gasteiger partial charge is 0.264 e. The lowest BCUT2D eigenvalue weighted by Gasteiger charge is -2.57. The lowest BCUT2D eigenvalue weighted by atomic mass is 9.53. The molecule has 7 rings (SSSR count). The summed E-state index contributed by atoms with van der Waals surface area (Å²) in [7, 11) is 1.45. The molecule has 31 heavy (non-hydrogen) atoms. The summed E-state index contributed by atoms with van der Waals surface area (Å²) < 4.78 is 19.4. The molecule has 4 aliphatic carbocycles. The molecular formula is C25H28FN3O2. The van der Waals surface area contributed by atoms with Gasteiger partial charge in [-0.25, -0.2) is 4.39 Å². The van der Waals surface area contributed by atoms with Crippen molar-refractivity contribution >= 4 is 11.6 Å². The number of ether oxygens (including phenoxy) is 1. The maximum Gasteiger partial charge on any atom is 0.264 e. The quantitative estimate of drug-likeness (QED) is 0.774. The number of methoxy groups -OCH3 is 1. The summed E-state index contributed by atoms with van der Waals surface area (Å²) in [4.78, 5) is 15.5. The molecule has 0 aromatic heterocycles. The zero-order valence-corrected chi connectivity index (χ0v) is 17.7. The number of carbonyl (C=O) groups is 1. The first-order valence-electron chi connectivity index (χ1n) is 11.3. The van der Waals surface area contributed by atoms with Gasteiger partial charge in [-0.1, -0.05) is 6.08 Å². The Labute approximate surface area is 182 Å². The van der Waals surface area contributed by atoms with Crippen LogP contribution < -0.4 is 15.4 Å². The average molecular weight is 422 g/mol. The Morgan fingerprint density at radius 3 is 2.52 bits per heavy atom. The van der Waals surface area contributed by atoms with Crippen molar-refractivity contribution < 1.29 is 13.9 Å². The van der Waals surface area contributed by atoms with E-state index in [0.717, 1.165) is 48.4 Å². The van der Waals surface area contributed by atoms with Crippen LogP contribution in [-0.4, -0.2) is 29.6 Å². The van der Waals surface area contributed by atoms with Crippen LogP contribution in [0.2, 0.25) is 0 Å². The monoisotopic (exact) mass is 421 g/mol. The zero-order valence-electron chi connectivity index (χ0n) is 17.7. The Morgan fingerprint density at radius 1 is 1.16 bits per heavy atom. The van der Waals surface area contributed by atoms with Gasteiger partial charge in [-0.2, -0.15) is 0 Å². The molecule has 1 aromatic carbocycles. The first-order valence-corrected chi connectivity index (χ1v) is 11.3. The number of fused-ring (bicyclic) bond motifs is 1. The number of rotatable bonds is 4. The van der Waals surface area contributed by atoms with E-state index in [1.807, 2.05) is 35.4 Å². The first-order chi connectivity index (χ1) is 15.0. The molecule has 0 saturated heterocycles. The summed E-state index contributed by atoms with van der Waals surface area (Å²) in [6.07, 6.45) is 14.6. The van der Waals surface area contributed by atoms with Crippen LogP contribution in [0, 0.1) is 23.6 Å². The van der Waals surface area contributed by atoms with Crippen LogP contribution in [0.5, 0.6) is 5.75 Å². The lowest BCUT2D eigenvalue weighted by Crippen LogP contribution is -2.63. The number of benzene rings is 1. The van der Waals surface area contributed by atoms with Gasteiger partial charge in [0.2, 0.25) is 0 Å². The first kappa shape index (κ1) is 19.0. The third-order valence-electron chi connectivity index (χ3n) is 7.82. The second kappa shape index (κ2) is 6.87. The highest BCUT2D eigenvalue weighted by molar-refractivity contribution is 5.88. The minimum Gasteiger partial charge on any atom is -0.494 e. The minimum atomic E-state index is -0.538. The molecular weight excluding hydrogens is 393 g/mol. The number of hydrogen-bond acceptors (Lipinski definition) is 4. The maximum absolute atomic E-state index is 14.4. The molecule has 162 valence electrons. The van der Waals surface area contributed by atoms with Crippen LogP contribution in [0.15, 0.2) is 48.3 Å². The molecule has 1 aromatic rings. The summed E-state index contributed by atoms with van der Waals surface area (Å²) in [6.45, 7) is 0. The predicted octanol–water partition coefficient (Wildman–Crippen LogP) is 3.90. The number of hydrogen-bond donors (Lipinski definition) is 2. The highest BCUT2D eigenvalue weighted by Crippen LogP contribution is 2.55. The van der Waals surface area contributed by atoms with Crippen LogP contribution in [0.4, 0.5) is 4.39 Å². The topological polar surface area (TPSA) is 53.6 Å². The fraction of sp³-hybridized carbons (Fsp3) is 0.480. The largest absolute Gasteiger partial charge is 0.494 e. The highest BCUT2D eigenvalue weighted by atomic mass is 19.1. The van der Waals surface area contributed by atoms with Crippen LogP contribution >= 0.6 is 0 Å². The molecule has 4 bridgehead atoms. The van der Waals surface area contributed by atoms with Crippen LogP contribution in [0.3, 0.4) is 0 Å². The van der Waals surface area contributed by atoms with Crippen molar-refractivity contribution in [3.63, 3.8) is 0 Å². The molecule has 6 heteroatoms. The van der Waals surface area contributed by atoms with E-state index in [0.29, 0.717) is 5.56 Å². The SMILES string of the molecule is COc1ccc(C2=C3C=CC=CN3C(C(=O)NC34CC5CC(CC(C5)C3)C4)N2)cc1F. The van der Waals surface area contributed by atoms with Crippen molar-refractivity contribution in [2.45, 2.75) is 50.2 Å². The van der Waals surface area contributed by atoms with Gasteiger partial charge in [0.15, 0.2) is 17.7 Å². The van der Waals surface area contributed by atoms with E-state index in [1.165, 1.54) is 32.4 Å². The maximum atomic E-state index is 14.4. The molecule has 1 amide bonds. The van der Waals surface area contributed by atoms with Crippen LogP contribution in [0.1, 0.15) is 44.1 Å². The highest BCUT2D eigenvalue weighted by Gasteiger charge is 2.52. The molecule has 2 N–H and O–H groups in total. The average Bonchev–Trinajstić information content (AvgIpc) is 3.12. The van der Waals surface area contributed by atoms with Crippen molar-refractivity contribution in [2.75, 3.05) is 7.11 Å². The molecule has 0 radical (unpaired) electrons. The Kier molecular flexibility index (Phi) is 4.20. The molecule has 5 nitrogen and oxygen atoms in total. The third kappa shape index (κ3) is 3.07. The number of nitrogens with zero attached hydrogens (tertiary/aromatic N) is 1. The summed E-state index contributed by atoms with van der Waals surface area (Å²) in [5, 5.41) is 6.86. The summed E-state index contributed by atoms with van der Waals surface area (Å²) in [5.74, 6) is 2.10.